The summed E-state index contributed by atoms with van der Waals surface area (Å²) >= 11 is 2.24. The van der Waals surface area contributed by atoms with E-state index in [0.29, 0.717) is 30.9 Å². The molecule has 0 N–H and O–H groups in total. The lowest BCUT2D eigenvalue weighted by atomic mass is 9.94. The molecule has 1 heterocycles. The average Bonchev–Trinajstić information content (AvgIpc) is 2.97. The first-order valence-electron chi connectivity index (χ1n) is 8.46. The Balaban J connectivity index is 2.52. The number of halogens is 1. The second-order valence-corrected chi connectivity index (χ2v) is 8.56. The summed E-state index contributed by atoms with van der Waals surface area (Å²) in [4.78, 5) is 12.3. The number of benzene rings is 1. The molecule has 138 valence electrons. The summed E-state index contributed by atoms with van der Waals surface area (Å²) in [7, 11) is 3.35. The molecule has 0 saturated carbocycles. The molecule has 0 spiro atoms. The minimum Gasteiger partial charge on any atom is -0.496 e. The first-order valence-corrected chi connectivity index (χ1v) is 12.0. The van der Waals surface area contributed by atoms with Crippen LogP contribution in [0.15, 0.2) is 11.6 Å². The zero-order valence-electron chi connectivity index (χ0n) is 15.2. The molecule has 0 aromatic heterocycles. The SMILES string of the molecule is CCC/C(C)=C/Cc1c(OC)c(C)c2c(c1OCCSI)C(=O)OC2. The molecule has 0 amide bonds. The van der Waals surface area contributed by atoms with Crippen LogP contribution in [-0.2, 0) is 17.8 Å². The first kappa shape index (κ1) is 20.4. The van der Waals surface area contributed by atoms with E-state index < -0.39 is 0 Å². The van der Waals surface area contributed by atoms with Crippen molar-refractivity contribution >= 4 is 36.1 Å². The minimum atomic E-state index is -0.298. The van der Waals surface area contributed by atoms with Crippen molar-refractivity contribution in [3.63, 3.8) is 0 Å². The number of rotatable bonds is 9. The maximum absolute atomic E-state index is 12.3. The van der Waals surface area contributed by atoms with Crippen LogP contribution in [0.3, 0.4) is 0 Å². The standard InChI is InChI=1S/C19H25IO4S/c1-5-6-12(2)7-8-14-17(22-4)13(3)15-11-24-19(21)16(15)18(14)23-9-10-25-20/h7H,5-6,8-11H2,1-4H3/b12-7+. The molecule has 1 aliphatic heterocycles. The van der Waals surface area contributed by atoms with Gasteiger partial charge < -0.3 is 14.2 Å². The Morgan fingerprint density at radius 2 is 2.16 bits per heavy atom. The summed E-state index contributed by atoms with van der Waals surface area (Å²) in [6, 6.07) is 0. The summed E-state index contributed by atoms with van der Waals surface area (Å²) in [5, 5.41) is 0. The van der Waals surface area contributed by atoms with E-state index in [4.69, 9.17) is 14.2 Å². The Kier molecular flexibility index (Phi) is 7.93. The molecule has 1 aliphatic rings. The van der Waals surface area contributed by atoms with Crippen molar-refractivity contribution in [3.8, 4) is 11.5 Å². The van der Waals surface area contributed by atoms with Crippen LogP contribution < -0.4 is 9.47 Å². The lowest BCUT2D eigenvalue weighted by molar-refractivity contribution is 0.0532. The third-order valence-corrected chi connectivity index (χ3v) is 5.97. The van der Waals surface area contributed by atoms with Gasteiger partial charge in [0.25, 0.3) is 0 Å². The number of methoxy groups -OCH3 is 1. The van der Waals surface area contributed by atoms with E-state index in [1.165, 1.54) is 5.57 Å². The van der Waals surface area contributed by atoms with Crippen molar-refractivity contribution in [1.82, 2.24) is 0 Å². The van der Waals surface area contributed by atoms with Crippen molar-refractivity contribution < 1.29 is 19.0 Å². The molecule has 0 aliphatic carbocycles. The predicted octanol–water partition coefficient (Wildman–Crippen LogP) is 5.42. The number of esters is 1. The van der Waals surface area contributed by atoms with Gasteiger partial charge >= 0.3 is 5.97 Å². The van der Waals surface area contributed by atoms with Crippen molar-refractivity contribution in [1.29, 1.82) is 0 Å². The fourth-order valence-corrected chi connectivity index (χ4v) is 3.80. The number of fused-ring (bicyclic) bond motifs is 1. The van der Waals surface area contributed by atoms with Crippen LogP contribution in [0.2, 0.25) is 0 Å². The molecule has 0 unspecified atom stereocenters. The summed E-state index contributed by atoms with van der Waals surface area (Å²) in [5.74, 6) is 1.99. The van der Waals surface area contributed by atoms with Gasteiger partial charge in [-0.25, -0.2) is 4.79 Å². The van der Waals surface area contributed by atoms with Gasteiger partial charge in [0.2, 0.25) is 0 Å². The Morgan fingerprint density at radius 3 is 2.80 bits per heavy atom. The zero-order chi connectivity index (χ0) is 18.4. The van der Waals surface area contributed by atoms with Crippen LogP contribution in [0.4, 0.5) is 0 Å². The maximum Gasteiger partial charge on any atom is 0.342 e. The topological polar surface area (TPSA) is 44.8 Å². The Bertz CT molecular complexity index is 670. The van der Waals surface area contributed by atoms with Crippen molar-refractivity contribution in [2.24, 2.45) is 0 Å². The lowest BCUT2D eigenvalue weighted by Gasteiger charge is -2.19. The second-order valence-electron chi connectivity index (χ2n) is 6.06. The minimum absolute atomic E-state index is 0.290. The van der Waals surface area contributed by atoms with Crippen LogP contribution in [0.25, 0.3) is 0 Å². The van der Waals surface area contributed by atoms with E-state index in [1.807, 2.05) is 6.92 Å². The molecule has 0 fully saturated rings. The normalized spacial score (nSPS) is 13.6. The van der Waals surface area contributed by atoms with E-state index in [2.05, 4.69) is 41.1 Å². The van der Waals surface area contributed by atoms with Gasteiger partial charge in [-0.15, -0.1) is 0 Å². The van der Waals surface area contributed by atoms with Gasteiger partial charge in [-0.05, 0) is 53.5 Å². The molecule has 0 atom stereocenters. The summed E-state index contributed by atoms with van der Waals surface area (Å²) in [6.07, 6.45) is 5.07. The number of carbonyl (C=O) groups excluding carboxylic acids is 1. The molecule has 0 saturated heterocycles. The number of hydrogen-bond donors (Lipinski definition) is 0. The van der Waals surface area contributed by atoms with Gasteiger partial charge in [0, 0.05) is 16.9 Å². The van der Waals surface area contributed by atoms with E-state index in [0.717, 1.165) is 41.0 Å². The summed E-state index contributed by atoms with van der Waals surface area (Å²) in [6.45, 7) is 7.13. The molecule has 6 heteroatoms. The molecule has 2 rings (SSSR count). The van der Waals surface area contributed by atoms with Gasteiger partial charge in [-0.1, -0.05) is 33.9 Å². The van der Waals surface area contributed by atoms with E-state index in [1.54, 1.807) is 16.0 Å². The highest BCUT2D eigenvalue weighted by Gasteiger charge is 2.33. The third kappa shape index (κ3) is 4.64. The fraction of sp³-hybridized carbons (Fsp3) is 0.526. The van der Waals surface area contributed by atoms with Crippen LogP contribution in [0, 0.1) is 6.92 Å². The van der Waals surface area contributed by atoms with Gasteiger partial charge in [0.15, 0.2) is 0 Å². The van der Waals surface area contributed by atoms with Crippen LogP contribution in [0.5, 0.6) is 11.5 Å². The van der Waals surface area contributed by atoms with Gasteiger partial charge in [-0.3, -0.25) is 0 Å². The van der Waals surface area contributed by atoms with E-state index in [9.17, 15) is 4.79 Å². The maximum atomic E-state index is 12.3. The van der Waals surface area contributed by atoms with Crippen molar-refractivity contribution in [2.45, 2.75) is 46.6 Å². The van der Waals surface area contributed by atoms with E-state index >= 15 is 0 Å². The lowest BCUT2D eigenvalue weighted by Crippen LogP contribution is -2.10. The molecule has 0 bridgehead atoms. The number of cyclic esters (lactones) is 1. The van der Waals surface area contributed by atoms with Crippen LogP contribution >= 0.6 is 30.1 Å². The second kappa shape index (κ2) is 9.71. The molecular formula is C19H25IO4S. The van der Waals surface area contributed by atoms with Crippen LogP contribution in [-0.4, -0.2) is 25.4 Å². The number of ether oxygens (including phenoxy) is 3. The predicted molar refractivity (Wildman–Crippen MR) is 111 cm³/mol. The molecule has 4 nitrogen and oxygen atoms in total. The molecular weight excluding hydrogens is 451 g/mol. The quantitative estimate of drug-likeness (QED) is 0.206. The largest absolute Gasteiger partial charge is 0.496 e. The number of allylic oxidation sites excluding steroid dienone is 2. The highest BCUT2D eigenvalue weighted by Crippen LogP contribution is 2.43. The molecule has 1 aromatic rings. The Labute approximate surface area is 166 Å². The van der Waals surface area contributed by atoms with E-state index in [-0.39, 0.29) is 5.97 Å². The fourth-order valence-electron chi connectivity index (χ4n) is 3.12. The van der Waals surface area contributed by atoms with Crippen LogP contribution in [0.1, 0.15) is 53.7 Å². The smallest absolute Gasteiger partial charge is 0.342 e. The molecule has 1 aromatic carbocycles. The number of hydrogen-bond acceptors (Lipinski definition) is 5. The van der Waals surface area contributed by atoms with Gasteiger partial charge in [-0.2, -0.15) is 0 Å². The molecule has 25 heavy (non-hydrogen) atoms. The number of carbonyl (C=O) groups is 1. The van der Waals surface area contributed by atoms with Gasteiger partial charge in [0.05, 0.1) is 13.7 Å². The van der Waals surface area contributed by atoms with Crippen molar-refractivity contribution in [2.75, 3.05) is 19.5 Å². The monoisotopic (exact) mass is 476 g/mol. The van der Waals surface area contributed by atoms with Crippen molar-refractivity contribution in [3.05, 3.63) is 33.9 Å². The third-order valence-electron chi connectivity index (χ3n) is 4.33. The summed E-state index contributed by atoms with van der Waals surface area (Å²) in [5.41, 5.74) is 4.70. The Morgan fingerprint density at radius 1 is 1.40 bits per heavy atom. The highest BCUT2D eigenvalue weighted by molar-refractivity contribution is 14.2. The zero-order valence-corrected chi connectivity index (χ0v) is 18.2. The summed E-state index contributed by atoms with van der Waals surface area (Å²) < 4.78 is 17.0. The average molecular weight is 476 g/mol. The van der Waals surface area contributed by atoms with Gasteiger partial charge in [0.1, 0.15) is 23.7 Å². The highest BCUT2D eigenvalue weighted by atomic mass is 127. The Hall–Kier alpha value is -0.890. The molecule has 0 radical (unpaired) electrons. The first-order chi connectivity index (χ1) is 12.0.